The van der Waals surface area contributed by atoms with Gasteiger partial charge in [0.05, 0.1) is 183 Å². The quantitative estimate of drug-likeness (QED) is 0.0319. The summed E-state index contributed by atoms with van der Waals surface area (Å²) in [6.45, 7) is 13.9. The SMILES string of the molecule is C=C1CC2CC[C@@]34C[C@H]5O[C@H]6[C@@H](O3)[C@H]3O[C@H](CC[C@@H]3O[C@H]6[C@H]5O4)CC(=O)C[C@@H]3[C@@H](OC)[C@@H](C[C@H](O)CCC(=O)OCc4ccc(N(CCOCCOCCOCCn5cc(COCCOCCOCCC(=O)ON6C(=O)CCC6=O)nn5)S(=O)(=O)c5ccc(C#N)cn5)cc4)O[C@H]3C[C@H]3O[C@@H](CC[C@@H]1O2)C[C@@H](C)C3=C.CN=S. The summed E-state index contributed by atoms with van der Waals surface area (Å²) < 4.78 is 135. The number of sulfonamides is 1. The first kappa shape index (κ1) is 85.7. The Morgan fingerprint density at radius 2 is 1.41 bits per heavy atom. The van der Waals surface area contributed by atoms with Crippen LogP contribution in [0.25, 0.3) is 0 Å². The maximum absolute atomic E-state index is 14.6. The number of ether oxygens (including phenoxy) is 16. The molecule has 0 aliphatic carbocycles. The van der Waals surface area contributed by atoms with Crippen molar-refractivity contribution in [2.75, 3.05) is 97.7 Å². The number of hydrogen-bond acceptors (Lipinski definition) is 31. The van der Waals surface area contributed by atoms with Crippen molar-refractivity contribution in [3.63, 3.8) is 0 Å². The van der Waals surface area contributed by atoms with E-state index in [9.17, 15) is 42.8 Å². The van der Waals surface area contributed by atoms with Crippen LogP contribution in [0, 0.1) is 23.2 Å². The number of aliphatic hydroxyl groups excluding tert-OH is 1. The second-order valence-electron chi connectivity index (χ2n) is 30.2. The van der Waals surface area contributed by atoms with Gasteiger partial charge in [0.15, 0.2) is 10.8 Å². The molecule has 1 aromatic carbocycles. The van der Waals surface area contributed by atoms with Gasteiger partial charge >= 0.3 is 11.9 Å². The number of fused-ring (bicyclic) bond motifs is 6. The van der Waals surface area contributed by atoms with Crippen LogP contribution in [0.2, 0.25) is 0 Å². The third-order valence-corrected chi connectivity index (χ3v) is 24.1. The van der Waals surface area contributed by atoms with Crippen molar-refractivity contribution in [3.05, 3.63) is 89.9 Å². The summed E-state index contributed by atoms with van der Waals surface area (Å²) in [6, 6.07) is 11.1. The molecule has 11 saturated heterocycles. The molecule has 11 aliphatic heterocycles. The van der Waals surface area contributed by atoms with Crippen LogP contribution in [-0.2, 0) is 147 Å². The summed E-state index contributed by atoms with van der Waals surface area (Å²) in [5.74, 6) is -3.48. The molecule has 113 heavy (non-hydrogen) atoms. The lowest BCUT2D eigenvalue weighted by Gasteiger charge is -2.47. The number of nitriles is 1. The fraction of sp³-hybridized carbons (Fsp3) is 0.705. The Kier molecular flexibility index (Phi) is 31.1. The van der Waals surface area contributed by atoms with Crippen molar-refractivity contribution in [3.8, 4) is 6.07 Å². The highest BCUT2D eigenvalue weighted by molar-refractivity contribution is 7.92. The van der Waals surface area contributed by atoms with Crippen LogP contribution in [0.4, 0.5) is 5.69 Å². The number of aliphatic hydroxyl groups is 1. The van der Waals surface area contributed by atoms with Crippen LogP contribution >= 0.6 is 0 Å². The number of carbonyl (C=O) groups excluding carboxylic acids is 5. The first-order valence-corrected chi connectivity index (χ1v) is 41.2. The third kappa shape index (κ3) is 22.6. The Balaban J connectivity index is 0.00000388. The van der Waals surface area contributed by atoms with Gasteiger partial charge in [-0.3, -0.25) is 23.5 Å². The summed E-state index contributed by atoms with van der Waals surface area (Å²) in [5.41, 5.74) is 3.71. The van der Waals surface area contributed by atoms with Gasteiger partial charge in [-0.2, -0.15) is 13.7 Å². The Labute approximate surface area is 663 Å². The van der Waals surface area contributed by atoms with E-state index in [1.807, 2.05) is 6.07 Å². The molecule has 620 valence electrons. The van der Waals surface area contributed by atoms with Crippen molar-refractivity contribution < 1.29 is 118 Å². The fourth-order valence-electron chi connectivity index (χ4n) is 16.6. The summed E-state index contributed by atoms with van der Waals surface area (Å²) in [6.07, 6.45) is 4.31. The molecule has 1 N–H and O–H groups in total. The van der Waals surface area contributed by atoms with Gasteiger partial charge in [0.25, 0.3) is 21.8 Å². The first-order valence-electron chi connectivity index (χ1n) is 39.3. The molecule has 1 spiro atoms. The highest BCUT2D eigenvalue weighted by Gasteiger charge is 2.69. The molecule has 3 aromatic rings. The summed E-state index contributed by atoms with van der Waals surface area (Å²) in [7, 11) is -1.11. The largest absolute Gasteiger partial charge is 0.461 e. The van der Waals surface area contributed by atoms with Gasteiger partial charge in [-0.05, 0) is 98.3 Å². The van der Waals surface area contributed by atoms with E-state index in [0.717, 1.165) is 47.6 Å². The number of amides is 2. The lowest BCUT2D eigenvalue weighted by Crippen LogP contribution is -2.61. The molecule has 13 heterocycles. The predicted molar refractivity (Wildman–Crippen MR) is 397 cm³/mol. The number of carbonyl (C=O) groups is 5. The molecule has 0 saturated carbocycles. The lowest BCUT2D eigenvalue weighted by molar-refractivity contribution is -0.292. The highest BCUT2D eigenvalue weighted by Crippen LogP contribution is 2.55. The number of pyridine rings is 1. The van der Waals surface area contributed by atoms with E-state index in [-0.39, 0.29) is 206 Å². The van der Waals surface area contributed by atoms with E-state index in [2.05, 4.69) is 52.2 Å². The molecule has 12 bridgehead atoms. The topological polar surface area (TPSA) is 383 Å². The number of nitrogens with zero attached hydrogens (tertiary/aromatic N) is 8. The number of methoxy groups -OCH3 is 1. The van der Waals surface area contributed by atoms with Crippen LogP contribution in [0.15, 0.2) is 82.5 Å². The first-order chi connectivity index (χ1) is 54.7. The predicted octanol–water partition coefficient (Wildman–Crippen LogP) is 5.70. The average Bonchev–Trinajstić information content (AvgIpc) is 1.55. The van der Waals surface area contributed by atoms with Crippen LogP contribution in [-0.4, -0.2) is 265 Å². The van der Waals surface area contributed by atoms with Gasteiger partial charge in [0, 0.05) is 96.5 Å². The van der Waals surface area contributed by atoms with Crippen LogP contribution in [0.3, 0.4) is 0 Å². The third-order valence-electron chi connectivity index (χ3n) is 22.3. The summed E-state index contributed by atoms with van der Waals surface area (Å²) >= 11 is 4.02. The molecule has 11 fully saturated rings. The number of benzene rings is 1. The van der Waals surface area contributed by atoms with E-state index in [4.69, 9.17) is 80.6 Å². The Morgan fingerprint density at radius 3 is 2.13 bits per heavy atom. The minimum atomic E-state index is -4.27. The number of Topliss-reactive ketones (excluding diaryl/α,β-unsaturated/α-hetero) is 1. The molecular formula is C78H106N8O25S2. The summed E-state index contributed by atoms with van der Waals surface area (Å²) in [5, 5.41) is 29.5. The van der Waals surface area contributed by atoms with Crippen molar-refractivity contribution in [2.24, 2.45) is 16.2 Å². The monoisotopic (exact) mass is 1620 g/mol. The van der Waals surface area contributed by atoms with Gasteiger partial charge in [-0.15, -0.1) is 10.2 Å². The molecule has 2 amide bonds. The molecule has 2 aromatic heterocycles. The minimum Gasteiger partial charge on any atom is -0.461 e. The molecule has 19 atom stereocenters. The van der Waals surface area contributed by atoms with Gasteiger partial charge in [-0.1, -0.05) is 37.4 Å². The number of hydrogen-bond donors (Lipinski definition) is 1. The van der Waals surface area contributed by atoms with Crippen molar-refractivity contribution in [1.29, 1.82) is 5.26 Å². The zero-order chi connectivity index (χ0) is 79.6. The number of ketones is 1. The standard InChI is InChI=1S/C77H103N7O25S.CH3NS/c1-47-35-56-11-13-60-48(2)36-58(101-60)19-21-77-41-65-73(107-77)74-75(106-65)76(108-77)72-61(105-74)14-12-57(103-72)37-55(86)38-59-63(40-62(102-56)49(47)3)104-64(71(59)93-4)39-54(85)10-18-69(89)100-45-50-5-8-53(9-6-50)83(110(91,92)66-15-7-51(42-78)43-79-66)23-26-96-29-32-97-31-28-95-25-22-82-44-52(80-81-82)46-99-34-33-98-30-27-94-24-20-70(90)109-84-67(87)16-17-68(84)88;1-2-3/h5-9,15,43-44,47,54,56-65,71-76,85H,2-3,10-14,16-41,45-46H2,1,4H3;1H3/t47-,54-,56+,57-,58?,59+,60+,61+,62-,63+,64-,65-,71-,72+,73+,74+,75-,76+,77+;/m1./s1. The van der Waals surface area contributed by atoms with Crippen molar-refractivity contribution in [1.82, 2.24) is 25.0 Å². The molecule has 0 radical (unpaired) electrons. The van der Waals surface area contributed by atoms with Gasteiger partial charge in [0.2, 0.25) is 0 Å². The number of hydroxylamine groups is 2. The maximum atomic E-state index is 14.6. The maximum Gasteiger partial charge on any atom is 0.335 e. The molecule has 33 nitrogen and oxygen atoms in total. The van der Waals surface area contributed by atoms with E-state index >= 15 is 0 Å². The number of esters is 1. The minimum absolute atomic E-state index is 0.00313. The second kappa shape index (κ2) is 41.0. The van der Waals surface area contributed by atoms with Crippen molar-refractivity contribution >= 4 is 57.7 Å². The van der Waals surface area contributed by atoms with Crippen LogP contribution < -0.4 is 4.31 Å². The zero-order valence-corrected chi connectivity index (χ0v) is 66.0. The average molecular weight is 1620 g/mol. The van der Waals surface area contributed by atoms with Crippen molar-refractivity contribution in [2.45, 2.75) is 251 Å². The number of anilines is 1. The van der Waals surface area contributed by atoms with Gasteiger partial charge < -0.3 is 85.7 Å². The number of rotatable bonds is 35. The smallest absolute Gasteiger partial charge is 0.335 e. The molecule has 14 rings (SSSR count). The summed E-state index contributed by atoms with van der Waals surface area (Å²) in [4.78, 5) is 71.8. The van der Waals surface area contributed by atoms with Gasteiger partial charge in [-0.25, -0.2) is 18.8 Å². The van der Waals surface area contributed by atoms with E-state index in [0.29, 0.717) is 81.4 Å². The Morgan fingerprint density at radius 1 is 0.735 bits per heavy atom. The van der Waals surface area contributed by atoms with Crippen LogP contribution in [0.1, 0.15) is 139 Å². The normalized spacial score (nSPS) is 30.9. The lowest BCUT2D eigenvalue weighted by atomic mass is 9.81. The Bertz CT molecular complexity index is 3860. The number of aromatic nitrogens is 4. The Hall–Kier alpha value is -6.64. The van der Waals surface area contributed by atoms with E-state index in [1.165, 1.54) is 18.3 Å². The zero-order valence-electron chi connectivity index (χ0n) is 64.4. The fourth-order valence-corrected chi connectivity index (χ4v) is 18.0. The van der Waals surface area contributed by atoms with Crippen LogP contribution in [0.5, 0.6) is 0 Å². The molecule has 35 heteroatoms. The number of imide groups is 1. The second-order valence-corrected chi connectivity index (χ2v) is 32.4. The molecule has 1 unspecified atom stereocenters. The molecular weight excluding hydrogens is 1510 g/mol. The van der Waals surface area contributed by atoms with E-state index in [1.54, 1.807) is 49.3 Å². The molecule has 11 aliphatic rings. The van der Waals surface area contributed by atoms with E-state index < -0.39 is 82.1 Å². The van der Waals surface area contributed by atoms with Gasteiger partial charge in [0.1, 0.15) is 54.7 Å². The highest BCUT2D eigenvalue weighted by atomic mass is 32.2.